The molecule has 0 fully saturated rings. The van der Waals surface area contributed by atoms with E-state index in [1.165, 1.54) is 96.3 Å². The molecule has 0 rings (SSSR count). The molecule has 0 aliphatic rings. The van der Waals surface area contributed by atoms with Crippen LogP contribution in [-0.4, -0.2) is 37.2 Å². The lowest BCUT2D eigenvalue weighted by Crippen LogP contribution is -2.30. The summed E-state index contributed by atoms with van der Waals surface area (Å²) in [6, 6.07) is 0. The van der Waals surface area contributed by atoms with Gasteiger partial charge in [-0.3, -0.25) is 14.4 Å². The molecule has 0 heterocycles. The van der Waals surface area contributed by atoms with Gasteiger partial charge in [-0.15, -0.1) is 0 Å². The second kappa shape index (κ2) is 64.8. The molecule has 6 heteroatoms. The Morgan fingerprint density at radius 1 is 0.269 bits per heavy atom. The first kappa shape index (κ1) is 73.3. The highest BCUT2D eigenvalue weighted by Gasteiger charge is 2.19. The monoisotopic (exact) mass is 1080 g/mol. The van der Waals surface area contributed by atoms with Crippen LogP contribution in [0.25, 0.3) is 0 Å². The fourth-order valence-electron chi connectivity index (χ4n) is 8.40. The molecule has 0 aromatic rings. The van der Waals surface area contributed by atoms with Crippen molar-refractivity contribution in [3.8, 4) is 0 Å². The summed E-state index contributed by atoms with van der Waals surface area (Å²) in [7, 11) is 0. The predicted octanol–water partition coefficient (Wildman–Crippen LogP) is 21.9. The molecule has 0 N–H and O–H groups in total. The zero-order chi connectivity index (χ0) is 56.4. The topological polar surface area (TPSA) is 78.9 Å². The van der Waals surface area contributed by atoms with E-state index >= 15 is 0 Å². The van der Waals surface area contributed by atoms with Crippen LogP contribution in [0.5, 0.6) is 0 Å². The molecule has 78 heavy (non-hydrogen) atoms. The van der Waals surface area contributed by atoms with Crippen LogP contribution in [0.1, 0.15) is 271 Å². The summed E-state index contributed by atoms with van der Waals surface area (Å²) < 4.78 is 16.8. The Morgan fingerprint density at radius 3 is 0.821 bits per heavy atom. The Bertz CT molecular complexity index is 1710. The summed E-state index contributed by atoms with van der Waals surface area (Å²) in [5.41, 5.74) is 0. The molecule has 0 amide bonds. The van der Waals surface area contributed by atoms with Gasteiger partial charge in [-0.05, 0) is 116 Å². The largest absolute Gasteiger partial charge is 0.462 e. The number of ether oxygens (including phenoxy) is 3. The maximum atomic E-state index is 12.9. The second-order valence-corrected chi connectivity index (χ2v) is 20.6. The zero-order valence-corrected chi connectivity index (χ0v) is 50.4. The third kappa shape index (κ3) is 62.1. The summed E-state index contributed by atoms with van der Waals surface area (Å²) in [6.07, 6.45) is 92.9. The van der Waals surface area contributed by atoms with Gasteiger partial charge in [0.1, 0.15) is 13.2 Å². The van der Waals surface area contributed by atoms with E-state index in [2.05, 4.69) is 167 Å². The molecular weight excluding hydrogens is 961 g/mol. The Morgan fingerprint density at radius 2 is 0.513 bits per heavy atom. The van der Waals surface area contributed by atoms with Crippen LogP contribution >= 0.6 is 0 Å². The van der Waals surface area contributed by atoms with E-state index < -0.39 is 6.10 Å². The van der Waals surface area contributed by atoms with E-state index in [4.69, 9.17) is 14.2 Å². The molecule has 0 aromatic heterocycles. The summed E-state index contributed by atoms with van der Waals surface area (Å²) in [5.74, 6) is -0.970. The third-order valence-corrected chi connectivity index (χ3v) is 13.1. The molecule has 0 radical (unpaired) electrons. The number of hydrogen-bond acceptors (Lipinski definition) is 6. The smallest absolute Gasteiger partial charge is 0.306 e. The van der Waals surface area contributed by atoms with Crippen molar-refractivity contribution in [1.29, 1.82) is 0 Å². The molecule has 0 saturated heterocycles. The van der Waals surface area contributed by atoms with Crippen molar-refractivity contribution in [2.75, 3.05) is 13.2 Å². The van der Waals surface area contributed by atoms with E-state index in [0.717, 1.165) is 128 Å². The summed E-state index contributed by atoms with van der Waals surface area (Å²) in [6.45, 7) is 6.36. The van der Waals surface area contributed by atoms with Gasteiger partial charge in [0.2, 0.25) is 0 Å². The van der Waals surface area contributed by atoms with Gasteiger partial charge in [-0.1, -0.05) is 282 Å². The Balaban J connectivity index is 4.34. The van der Waals surface area contributed by atoms with Gasteiger partial charge in [0.25, 0.3) is 0 Å². The lowest BCUT2D eigenvalue weighted by atomic mass is 10.0. The van der Waals surface area contributed by atoms with Gasteiger partial charge >= 0.3 is 17.9 Å². The number of carbonyl (C=O) groups excluding carboxylic acids is 3. The van der Waals surface area contributed by atoms with E-state index in [0.29, 0.717) is 19.3 Å². The quantitative estimate of drug-likeness (QED) is 0.0261. The average Bonchev–Trinajstić information content (AvgIpc) is 3.44. The Labute approximate surface area is 480 Å². The van der Waals surface area contributed by atoms with Crippen molar-refractivity contribution in [2.24, 2.45) is 0 Å². The van der Waals surface area contributed by atoms with E-state index in [1.54, 1.807) is 0 Å². The van der Waals surface area contributed by atoms with Crippen molar-refractivity contribution in [3.63, 3.8) is 0 Å². The molecule has 440 valence electrons. The van der Waals surface area contributed by atoms with Crippen molar-refractivity contribution in [1.82, 2.24) is 0 Å². The average molecular weight is 1080 g/mol. The molecule has 0 bridgehead atoms. The fraction of sp³-hybridized carbons (Fsp3) is 0.625. The third-order valence-electron chi connectivity index (χ3n) is 13.1. The van der Waals surface area contributed by atoms with Gasteiger partial charge in [0.15, 0.2) is 6.10 Å². The minimum Gasteiger partial charge on any atom is -0.462 e. The lowest BCUT2D eigenvalue weighted by Gasteiger charge is -2.18. The van der Waals surface area contributed by atoms with Crippen LogP contribution in [-0.2, 0) is 28.6 Å². The highest BCUT2D eigenvalue weighted by Crippen LogP contribution is 2.15. The molecule has 0 aliphatic heterocycles. The SMILES string of the molecule is CC/C=C\C/C=C\C/C=C\C/C=C\C/C=C\C/C=C\C/C=C\CCCCCCCCCCCC(=O)OCC(COC(=O)CCCCCCCCCCCCCC)OC(=O)CCC/C=C\C/C=C\C/C=C\C/C=C\C/C=C\CC. The molecular formula is C72H116O6. The number of carbonyl (C=O) groups is 3. The minimum absolute atomic E-state index is 0.105. The van der Waals surface area contributed by atoms with Crippen LogP contribution in [0, 0.1) is 0 Å². The zero-order valence-electron chi connectivity index (χ0n) is 50.4. The van der Waals surface area contributed by atoms with Crippen LogP contribution in [0.3, 0.4) is 0 Å². The number of rotatable bonds is 56. The normalized spacial score (nSPS) is 13.1. The Kier molecular flexibility index (Phi) is 60.9. The Hall–Kier alpha value is -4.71. The van der Waals surface area contributed by atoms with Crippen LogP contribution < -0.4 is 0 Å². The minimum atomic E-state index is -0.814. The first-order valence-corrected chi connectivity index (χ1v) is 31.8. The van der Waals surface area contributed by atoms with Gasteiger partial charge in [0.05, 0.1) is 0 Å². The predicted molar refractivity (Wildman–Crippen MR) is 339 cm³/mol. The maximum absolute atomic E-state index is 12.9. The standard InChI is InChI=1S/C72H116O6/c1-4-7-10-13-16-19-22-25-27-29-30-31-32-33-34-35-36-37-38-39-40-41-42-44-45-47-50-53-56-59-62-65-71(74)77-68-69(67-76-70(73)64-61-58-55-52-49-24-21-18-15-12-9-6-3)78-72(75)66-63-60-57-54-51-48-46-43-28-26-23-20-17-14-11-8-5-2/h7-8,10-11,16-17,19-20,25-28,30-31,33-34,36-37,39-40,46,48,54,57,69H,4-6,9,12-15,18,21-24,29,32,35,38,41-45,47,49-53,55-56,58-68H2,1-3H3/b10-7-,11-8-,19-16-,20-17-,27-25-,28-26-,31-30-,34-33-,37-36-,40-39-,48-46-,57-54-. The first-order valence-electron chi connectivity index (χ1n) is 31.8. The molecule has 1 unspecified atom stereocenters. The number of esters is 3. The van der Waals surface area contributed by atoms with Gasteiger partial charge in [0, 0.05) is 19.3 Å². The fourth-order valence-corrected chi connectivity index (χ4v) is 8.40. The lowest BCUT2D eigenvalue weighted by molar-refractivity contribution is -0.167. The van der Waals surface area contributed by atoms with Crippen molar-refractivity contribution < 1.29 is 28.6 Å². The van der Waals surface area contributed by atoms with Crippen molar-refractivity contribution >= 4 is 17.9 Å². The molecule has 6 nitrogen and oxygen atoms in total. The first-order chi connectivity index (χ1) is 38.5. The maximum Gasteiger partial charge on any atom is 0.306 e. The van der Waals surface area contributed by atoms with Gasteiger partial charge in [-0.25, -0.2) is 0 Å². The molecule has 0 aliphatic carbocycles. The number of unbranched alkanes of at least 4 members (excludes halogenated alkanes) is 21. The highest BCUT2D eigenvalue weighted by molar-refractivity contribution is 5.71. The summed E-state index contributed by atoms with van der Waals surface area (Å²) >= 11 is 0. The molecule has 1 atom stereocenters. The van der Waals surface area contributed by atoms with Gasteiger partial charge < -0.3 is 14.2 Å². The molecule has 0 aromatic carbocycles. The summed E-state index contributed by atoms with van der Waals surface area (Å²) in [5, 5.41) is 0. The number of hydrogen-bond donors (Lipinski definition) is 0. The van der Waals surface area contributed by atoms with Crippen LogP contribution in [0.2, 0.25) is 0 Å². The highest BCUT2D eigenvalue weighted by atomic mass is 16.6. The van der Waals surface area contributed by atoms with Gasteiger partial charge in [-0.2, -0.15) is 0 Å². The number of allylic oxidation sites excluding steroid dienone is 24. The van der Waals surface area contributed by atoms with Crippen molar-refractivity contribution in [2.45, 2.75) is 277 Å². The molecule has 0 saturated carbocycles. The van der Waals surface area contributed by atoms with Crippen LogP contribution in [0.15, 0.2) is 146 Å². The summed E-state index contributed by atoms with van der Waals surface area (Å²) in [4.78, 5) is 38.2. The van der Waals surface area contributed by atoms with E-state index in [-0.39, 0.29) is 37.5 Å². The van der Waals surface area contributed by atoms with E-state index in [9.17, 15) is 14.4 Å². The van der Waals surface area contributed by atoms with E-state index in [1.807, 2.05) is 0 Å². The van der Waals surface area contributed by atoms with Crippen molar-refractivity contribution in [3.05, 3.63) is 146 Å². The molecule has 0 spiro atoms. The second-order valence-electron chi connectivity index (χ2n) is 20.6. The van der Waals surface area contributed by atoms with Crippen LogP contribution in [0.4, 0.5) is 0 Å².